The fraction of sp³-hybridized carbons (Fsp3) is 0.222. The van der Waals surface area contributed by atoms with Gasteiger partial charge in [0.1, 0.15) is 15.8 Å². The maximum atomic E-state index is 15.1. The summed E-state index contributed by atoms with van der Waals surface area (Å²) in [6.45, 7) is 0.902. The van der Waals surface area contributed by atoms with E-state index in [1.54, 1.807) is 17.4 Å². The van der Waals surface area contributed by atoms with Crippen LogP contribution < -0.4 is 16.0 Å². The Morgan fingerprint density at radius 1 is 0.886 bits per heavy atom. The van der Waals surface area contributed by atoms with E-state index >= 15 is 4.39 Å². The third kappa shape index (κ3) is 7.66. The van der Waals surface area contributed by atoms with Gasteiger partial charge in [-0.2, -0.15) is 13.2 Å². The molecule has 1 unspecified atom stereocenters. The largest absolute Gasteiger partial charge is 0.442 e. The number of rotatable bonds is 8. The molecular weight excluding hydrogens is 719 g/mol. The minimum absolute atomic E-state index is 0.0946. The monoisotopic (exact) mass is 733 g/mol. The number of hydrogen-bond acceptors (Lipinski definition) is 4. The van der Waals surface area contributed by atoms with Gasteiger partial charge in [-0.15, -0.1) is 23.2 Å². The summed E-state index contributed by atoms with van der Waals surface area (Å²) in [6, 6.07) is 10.1. The van der Waals surface area contributed by atoms with Crippen molar-refractivity contribution in [3.05, 3.63) is 86.4 Å². The molecule has 0 aromatic heterocycles. The molecule has 17 heteroatoms. The molecule has 1 aliphatic rings. The molecule has 0 aliphatic heterocycles. The number of hydrogen-bond donors (Lipinski definition) is 3. The van der Waals surface area contributed by atoms with Crippen LogP contribution in [0.1, 0.15) is 28.8 Å². The summed E-state index contributed by atoms with van der Waals surface area (Å²) in [5, 5.41) is 5.22. The van der Waals surface area contributed by atoms with Crippen LogP contribution in [0.15, 0.2) is 48.5 Å². The second kappa shape index (κ2) is 13.1. The maximum absolute atomic E-state index is 15.1. The van der Waals surface area contributed by atoms with Gasteiger partial charge in [-0.1, -0.05) is 40.9 Å². The molecule has 1 aliphatic carbocycles. The van der Waals surface area contributed by atoms with Crippen LogP contribution in [0, 0.1) is 17.6 Å². The molecule has 0 saturated heterocycles. The van der Waals surface area contributed by atoms with E-state index in [0.29, 0.717) is 16.7 Å². The van der Waals surface area contributed by atoms with Crippen molar-refractivity contribution >= 4 is 105 Å². The van der Waals surface area contributed by atoms with Gasteiger partial charge in [0.2, 0.25) is 11.8 Å². The van der Waals surface area contributed by atoms with Crippen molar-refractivity contribution in [2.75, 3.05) is 16.0 Å². The average Bonchev–Trinajstić information content (AvgIpc) is 3.51. The van der Waals surface area contributed by atoms with Crippen molar-refractivity contribution in [1.29, 1.82) is 0 Å². The quantitative estimate of drug-likeness (QED) is 0.159. The van der Waals surface area contributed by atoms with Crippen molar-refractivity contribution in [2.24, 2.45) is 5.92 Å². The highest BCUT2D eigenvalue weighted by Crippen LogP contribution is 2.65. The molecule has 3 aromatic carbocycles. The molecule has 0 spiro atoms. The van der Waals surface area contributed by atoms with Gasteiger partial charge in [-0.25, -0.2) is 8.78 Å². The molecule has 6 nitrogen and oxygen atoms in total. The lowest BCUT2D eigenvalue weighted by Crippen LogP contribution is -2.26. The predicted octanol–water partition coefficient (Wildman–Crippen LogP) is 9.28. The van der Waals surface area contributed by atoms with E-state index in [1.807, 2.05) is 0 Å². The SMILES string of the molecule is CC(SC(F)(F)F)C(=O)Nc1c(F)ccc(NC(=O)c2cc(NC(=O)[C@H]3[C@H](c4ccc(Cl)c(Cl)c4)C3(Cl)Cl)ccc2Cl)c1F. The standard InChI is InChI=1S/C27H17Cl5F5N3O3S/c1-10(44-27(35,36)37)23(41)40-22-17(33)6-7-18(21(22)34)39-24(42)13-9-12(3-5-14(13)28)38-25(43)20-19(26(20,31)32)11-2-4-15(29)16(30)8-11/h2-10,19-20H,1H3,(H,38,43)(H,39,42)(H,40,41)/t10?,19-,20+/m0/s1. The summed E-state index contributed by atoms with van der Waals surface area (Å²) in [5.74, 6) is -7.21. The predicted molar refractivity (Wildman–Crippen MR) is 163 cm³/mol. The van der Waals surface area contributed by atoms with Gasteiger partial charge >= 0.3 is 5.51 Å². The minimum atomic E-state index is -4.76. The lowest BCUT2D eigenvalue weighted by molar-refractivity contribution is -0.117. The maximum Gasteiger partial charge on any atom is 0.442 e. The van der Waals surface area contributed by atoms with Crippen LogP contribution in [-0.4, -0.2) is 32.8 Å². The second-order valence-corrected chi connectivity index (χ2v) is 13.5. The second-order valence-electron chi connectivity index (χ2n) is 9.42. The highest BCUT2D eigenvalue weighted by atomic mass is 35.5. The number of halogens is 10. The molecule has 3 N–H and O–H groups in total. The first-order chi connectivity index (χ1) is 20.4. The van der Waals surface area contributed by atoms with Crippen molar-refractivity contribution in [1.82, 2.24) is 0 Å². The van der Waals surface area contributed by atoms with Gasteiger partial charge in [-0.3, -0.25) is 14.4 Å². The normalized spacial score (nSPS) is 17.9. The van der Waals surface area contributed by atoms with E-state index in [2.05, 4.69) is 10.6 Å². The van der Waals surface area contributed by atoms with Crippen LogP contribution in [0.4, 0.5) is 39.0 Å². The molecule has 4 rings (SSSR count). The molecule has 1 saturated carbocycles. The molecule has 3 amide bonds. The molecule has 44 heavy (non-hydrogen) atoms. The average molecular weight is 736 g/mol. The lowest BCUT2D eigenvalue weighted by Gasteiger charge is -2.16. The molecule has 0 radical (unpaired) electrons. The third-order valence-electron chi connectivity index (χ3n) is 6.38. The van der Waals surface area contributed by atoms with Gasteiger partial charge in [0.25, 0.3) is 5.91 Å². The Labute approximate surface area is 275 Å². The van der Waals surface area contributed by atoms with Crippen molar-refractivity contribution in [3.8, 4) is 0 Å². The van der Waals surface area contributed by atoms with Crippen LogP contribution in [0.25, 0.3) is 0 Å². The first-order valence-electron chi connectivity index (χ1n) is 12.2. The topological polar surface area (TPSA) is 87.3 Å². The molecule has 234 valence electrons. The first-order valence-corrected chi connectivity index (χ1v) is 15.0. The summed E-state index contributed by atoms with van der Waals surface area (Å²) >= 11 is 30.3. The highest BCUT2D eigenvalue weighted by Gasteiger charge is 2.67. The number of carbonyl (C=O) groups excluding carboxylic acids is 3. The zero-order valence-corrected chi connectivity index (χ0v) is 26.4. The van der Waals surface area contributed by atoms with E-state index in [1.165, 1.54) is 24.3 Å². The zero-order valence-electron chi connectivity index (χ0n) is 21.8. The number of nitrogens with one attached hydrogen (secondary N) is 3. The van der Waals surface area contributed by atoms with Gasteiger partial charge in [-0.05, 0) is 66.7 Å². The molecule has 0 bridgehead atoms. The summed E-state index contributed by atoms with van der Waals surface area (Å²) in [6.07, 6.45) is 0. The molecule has 0 heterocycles. The summed E-state index contributed by atoms with van der Waals surface area (Å²) in [7, 11) is 0. The van der Waals surface area contributed by atoms with Crippen molar-refractivity contribution < 1.29 is 36.3 Å². The summed E-state index contributed by atoms with van der Waals surface area (Å²) in [5.41, 5.74) is -6.03. The Kier molecular flexibility index (Phi) is 10.2. The van der Waals surface area contributed by atoms with Gasteiger partial charge in [0, 0.05) is 11.6 Å². The molecule has 3 atom stereocenters. The Balaban J connectivity index is 1.49. The number of anilines is 3. The number of benzene rings is 3. The van der Waals surface area contributed by atoms with Crippen LogP contribution >= 0.6 is 69.8 Å². The fourth-order valence-electron chi connectivity index (χ4n) is 4.20. The van der Waals surface area contributed by atoms with Crippen LogP contribution in [0.2, 0.25) is 15.1 Å². The van der Waals surface area contributed by atoms with Crippen LogP contribution in [0.5, 0.6) is 0 Å². The minimum Gasteiger partial charge on any atom is -0.326 e. The Bertz CT molecular complexity index is 1660. The molecular formula is C27H17Cl5F5N3O3S. The smallest absolute Gasteiger partial charge is 0.326 e. The molecule has 3 aromatic rings. The van der Waals surface area contributed by atoms with E-state index in [4.69, 9.17) is 58.0 Å². The van der Waals surface area contributed by atoms with Gasteiger partial charge in [0.15, 0.2) is 5.82 Å². The number of alkyl halides is 5. The molecule has 1 fully saturated rings. The van der Waals surface area contributed by atoms with Crippen molar-refractivity contribution in [3.63, 3.8) is 0 Å². The number of carbonyl (C=O) groups is 3. The highest BCUT2D eigenvalue weighted by molar-refractivity contribution is 8.01. The number of thioether (sulfide) groups is 1. The van der Waals surface area contributed by atoms with E-state index in [0.717, 1.165) is 13.0 Å². The summed E-state index contributed by atoms with van der Waals surface area (Å²) in [4.78, 5) is 38.2. The van der Waals surface area contributed by atoms with E-state index < -0.39 is 79.4 Å². The fourth-order valence-corrected chi connectivity index (χ4v) is 6.11. The number of amides is 3. The van der Waals surface area contributed by atoms with Crippen LogP contribution in [0.3, 0.4) is 0 Å². The first kappa shape index (κ1) is 34.4. The Morgan fingerprint density at radius 2 is 1.55 bits per heavy atom. The van der Waals surface area contributed by atoms with Gasteiger partial charge in [0.05, 0.1) is 37.5 Å². The zero-order chi connectivity index (χ0) is 32.7. The van der Waals surface area contributed by atoms with Gasteiger partial charge < -0.3 is 16.0 Å². The Hall–Kier alpha value is -2.48. The van der Waals surface area contributed by atoms with E-state index in [-0.39, 0.29) is 21.3 Å². The van der Waals surface area contributed by atoms with E-state index in [9.17, 15) is 31.9 Å². The summed E-state index contributed by atoms with van der Waals surface area (Å²) < 4.78 is 65.7. The lowest BCUT2D eigenvalue weighted by atomic mass is 10.1. The van der Waals surface area contributed by atoms with Crippen LogP contribution in [-0.2, 0) is 9.59 Å². The third-order valence-corrected chi connectivity index (χ3v) is 9.23. The van der Waals surface area contributed by atoms with Crippen molar-refractivity contribution in [2.45, 2.75) is 27.9 Å². The Morgan fingerprint density at radius 3 is 2.18 bits per heavy atom.